The average Bonchev–Trinajstić information content (AvgIpc) is 2.43. The van der Waals surface area contributed by atoms with Crippen LogP contribution in [0, 0.1) is 0 Å². The van der Waals surface area contributed by atoms with E-state index in [4.69, 9.17) is 4.99 Å². The van der Waals surface area contributed by atoms with Crippen molar-refractivity contribution in [2.75, 3.05) is 27.2 Å². The van der Waals surface area contributed by atoms with Crippen LogP contribution in [0.1, 0.15) is 38.8 Å². The molecule has 1 aromatic rings. The number of aliphatic imine (C=N–C) groups is 1. The van der Waals surface area contributed by atoms with E-state index >= 15 is 0 Å². The summed E-state index contributed by atoms with van der Waals surface area (Å²) in [5, 5.41) is 3.30. The van der Waals surface area contributed by atoms with Crippen LogP contribution in [0.4, 0.5) is 0 Å². The van der Waals surface area contributed by atoms with E-state index in [9.17, 15) is 0 Å². The van der Waals surface area contributed by atoms with Gasteiger partial charge in [-0.25, -0.2) is 0 Å². The van der Waals surface area contributed by atoms with Crippen LogP contribution in [0.15, 0.2) is 29.3 Å². The van der Waals surface area contributed by atoms with Gasteiger partial charge in [-0.05, 0) is 24.5 Å². The highest BCUT2D eigenvalue weighted by Gasteiger charge is 2.20. The zero-order chi connectivity index (χ0) is 15.2. The maximum absolute atomic E-state index is 4.74. The molecule has 1 aromatic carbocycles. The van der Waals surface area contributed by atoms with Crippen molar-refractivity contribution in [3.8, 4) is 0 Å². The fourth-order valence-corrected chi connectivity index (χ4v) is 2.07. The topological polar surface area (TPSA) is 27.6 Å². The van der Waals surface area contributed by atoms with Gasteiger partial charge in [-0.3, -0.25) is 4.99 Å². The molecular formula is C17H29N3. The van der Waals surface area contributed by atoms with Crippen molar-refractivity contribution in [2.45, 2.75) is 39.5 Å². The third-order valence-electron chi connectivity index (χ3n) is 3.53. The minimum atomic E-state index is 0.0446. The first-order valence-electron chi connectivity index (χ1n) is 7.45. The van der Waals surface area contributed by atoms with E-state index in [1.165, 1.54) is 11.1 Å². The molecule has 0 atom stereocenters. The van der Waals surface area contributed by atoms with E-state index in [-0.39, 0.29) is 5.41 Å². The highest BCUT2D eigenvalue weighted by molar-refractivity contribution is 5.79. The number of hydrogen-bond acceptors (Lipinski definition) is 1. The Hall–Kier alpha value is -1.51. The van der Waals surface area contributed by atoms with Gasteiger partial charge in [0.1, 0.15) is 0 Å². The molecule has 0 bridgehead atoms. The lowest BCUT2D eigenvalue weighted by atomic mass is 9.84. The van der Waals surface area contributed by atoms with E-state index in [2.05, 4.69) is 57.3 Å². The average molecular weight is 275 g/mol. The molecule has 1 rings (SSSR count). The van der Waals surface area contributed by atoms with Crippen LogP contribution in [0.3, 0.4) is 0 Å². The SMILES string of the molecule is CCNC(=NCC(C)(C)c1ccc(CC)cc1)N(C)C. The summed E-state index contributed by atoms with van der Waals surface area (Å²) in [7, 11) is 4.04. The van der Waals surface area contributed by atoms with Gasteiger partial charge in [-0.15, -0.1) is 0 Å². The molecule has 0 amide bonds. The van der Waals surface area contributed by atoms with Crippen molar-refractivity contribution in [3.63, 3.8) is 0 Å². The molecule has 0 aliphatic heterocycles. The Bertz CT molecular complexity index is 430. The first kappa shape index (κ1) is 16.5. The zero-order valence-corrected chi connectivity index (χ0v) is 13.8. The van der Waals surface area contributed by atoms with Gasteiger partial charge in [0.25, 0.3) is 0 Å². The molecule has 0 radical (unpaired) electrons. The van der Waals surface area contributed by atoms with Gasteiger partial charge in [0.15, 0.2) is 5.96 Å². The summed E-state index contributed by atoms with van der Waals surface area (Å²) in [6.07, 6.45) is 1.09. The molecular weight excluding hydrogens is 246 g/mol. The quantitative estimate of drug-likeness (QED) is 0.660. The minimum absolute atomic E-state index is 0.0446. The smallest absolute Gasteiger partial charge is 0.193 e. The van der Waals surface area contributed by atoms with E-state index in [0.29, 0.717) is 0 Å². The number of nitrogens with one attached hydrogen (secondary N) is 1. The van der Waals surface area contributed by atoms with Crippen LogP contribution < -0.4 is 5.32 Å². The molecule has 0 aromatic heterocycles. The molecule has 3 nitrogen and oxygen atoms in total. The molecule has 112 valence electrons. The summed E-state index contributed by atoms with van der Waals surface area (Å²) in [6, 6.07) is 8.91. The highest BCUT2D eigenvalue weighted by atomic mass is 15.3. The predicted molar refractivity (Wildman–Crippen MR) is 88.5 cm³/mol. The largest absolute Gasteiger partial charge is 0.357 e. The van der Waals surface area contributed by atoms with Crippen molar-refractivity contribution >= 4 is 5.96 Å². The van der Waals surface area contributed by atoms with Gasteiger partial charge in [0.2, 0.25) is 0 Å². The second-order valence-corrected chi connectivity index (χ2v) is 6.00. The molecule has 0 saturated heterocycles. The molecule has 0 fully saturated rings. The Labute approximate surface area is 124 Å². The van der Waals surface area contributed by atoms with Gasteiger partial charge in [-0.1, -0.05) is 45.0 Å². The Kier molecular flexibility index (Phi) is 6.05. The van der Waals surface area contributed by atoms with Crippen LogP contribution in [0.2, 0.25) is 0 Å². The van der Waals surface area contributed by atoms with E-state index in [1.54, 1.807) is 0 Å². The number of rotatable bonds is 5. The van der Waals surface area contributed by atoms with Crippen LogP contribution >= 0.6 is 0 Å². The molecule has 0 heterocycles. The van der Waals surface area contributed by atoms with Crippen LogP contribution in [-0.2, 0) is 11.8 Å². The third kappa shape index (κ3) is 4.55. The lowest BCUT2D eigenvalue weighted by Crippen LogP contribution is -2.37. The number of benzene rings is 1. The number of nitrogens with zero attached hydrogens (tertiary/aromatic N) is 2. The molecule has 20 heavy (non-hydrogen) atoms. The van der Waals surface area contributed by atoms with Crippen molar-refractivity contribution in [2.24, 2.45) is 4.99 Å². The summed E-state index contributed by atoms with van der Waals surface area (Å²) in [5.41, 5.74) is 2.77. The van der Waals surface area contributed by atoms with E-state index in [0.717, 1.165) is 25.5 Å². The van der Waals surface area contributed by atoms with E-state index < -0.39 is 0 Å². The Balaban J connectivity index is 2.84. The van der Waals surface area contributed by atoms with Gasteiger partial charge in [-0.2, -0.15) is 0 Å². The van der Waals surface area contributed by atoms with Gasteiger partial charge < -0.3 is 10.2 Å². The fraction of sp³-hybridized carbons (Fsp3) is 0.588. The van der Waals surface area contributed by atoms with Crippen LogP contribution in [0.5, 0.6) is 0 Å². The number of aryl methyl sites for hydroxylation is 1. The Morgan fingerprint density at radius 1 is 1.15 bits per heavy atom. The van der Waals surface area contributed by atoms with E-state index in [1.807, 2.05) is 19.0 Å². The molecule has 0 aliphatic rings. The van der Waals surface area contributed by atoms with Gasteiger partial charge >= 0.3 is 0 Å². The number of guanidine groups is 1. The maximum Gasteiger partial charge on any atom is 0.193 e. The summed E-state index contributed by atoms with van der Waals surface area (Å²) in [5.74, 6) is 0.950. The predicted octanol–water partition coefficient (Wildman–Crippen LogP) is 3.05. The van der Waals surface area contributed by atoms with Crippen molar-refractivity contribution in [1.29, 1.82) is 0 Å². The van der Waals surface area contributed by atoms with Crippen molar-refractivity contribution < 1.29 is 0 Å². The molecule has 0 spiro atoms. The summed E-state index contributed by atoms with van der Waals surface area (Å²) in [4.78, 5) is 6.76. The number of hydrogen-bond donors (Lipinski definition) is 1. The third-order valence-corrected chi connectivity index (χ3v) is 3.53. The van der Waals surface area contributed by atoms with Crippen LogP contribution in [0.25, 0.3) is 0 Å². The highest BCUT2D eigenvalue weighted by Crippen LogP contribution is 2.24. The monoisotopic (exact) mass is 275 g/mol. The summed E-state index contributed by atoms with van der Waals surface area (Å²) >= 11 is 0. The maximum atomic E-state index is 4.74. The fourth-order valence-electron chi connectivity index (χ4n) is 2.07. The second kappa shape index (κ2) is 7.32. The van der Waals surface area contributed by atoms with Crippen molar-refractivity contribution in [1.82, 2.24) is 10.2 Å². The molecule has 3 heteroatoms. The van der Waals surface area contributed by atoms with Crippen molar-refractivity contribution in [3.05, 3.63) is 35.4 Å². The molecule has 1 N–H and O–H groups in total. The Morgan fingerprint density at radius 3 is 2.20 bits per heavy atom. The van der Waals surface area contributed by atoms with Gasteiger partial charge in [0.05, 0.1) is 6.54 Å². The Morgan fingerprint density at radius 2 is 1.75 bits per heavy atom. The molecule has 0 unspecified atom stereocenters. The normalized spacial score (nSPS) is 12.4. The second-order valence-electron chi connectivity index (χ2n) is 6.00. The minimum Gasteiger partial charge on any atom is -0.357 e. The molecule has 0 saturated carbocycles. The summed E-state index contributed by atoms with van der Waals surface area (Å²) in [6.45, 7) is 10.4. The lowest BCUT2D eigenvalue weighted by molar-refractivity contribution is 0.522. The zero-order valence-electron chi connectivity index (χ0n) is 13.8. The van der Waals surface area contributed by atoms with Crippen LogP contribution in [-0.4, -0.2) is 38.0 Å². The lowest BCUT2D eigenvalue weighted by Gasteiger charge is -2.25. The first-order valence-corrected chi connectivity index (χ1v) is 7.45. The summed E-state index contributed by atoms with van der Waals surface area (Å²) < 4.78 is 0. The van der Waals surface area contributed by atoms with Gasteiger partial charge in [0, 0.05) is 26.1 Å². The first-order chi connectivity index (χ1) is 9.40. The standard InChI is InChI=1S/C17H29N3/c1-7-14-9-11-15(12-10-14)17(3,4)13-19-16(18-8-2)20(5)6/h9-12H,7-8,13H2,1-6H3,(H,18,19). The molecule has 0 aliphatic carbocycles.